The van der Waals surface area contributed by atoms with Gasteiger partial charge in [-0.3, -0.25) is 13.2 Å². The van der Waals surface area contributed by atoms with Gasteiger partial charge in [-0.2, -0.15) is 6.92 Å². The molecule has 17 heavy (non-hydrogen) atoms. The van der Waals surface area contributed by atoms with Gasteiger partial charge in [0.2, 0.25) is 0 Å². The van der Waals surface area contributed by atoms with Crippen LogP contribution in [0.25, 0.3) is 0 Å². The number of aliphatic hydroxyl groups excluding tert-OH is 3. The first-order valence-electron chi connectivity index (χ1n) is 3.91. The van der Waals surface area contributed by atoms with E-state index in [1.165, 1.54) is 13.2 Å². The van der Waals surface area contributed by atoms with Gasteiger partial charge < -0.3 is 37.4 Å². The number of hydrogen-bond acceptors (Lipinski definition) is 6. The number of aliphatic hydroxyl groups is 4. The zero-order valence-electron chi connectivity index (χ0n) is 10.2. The first kappa shape index (κ1) is 27.2. The van der Waals surface area contributed by atoms with E-state index in [0.29, 0.717) is 0 Å². The fourth-order valence-electron chi connectivity index (χ4n) is 0.891. The molecule has 4 unspecified atom stereocenters. The third kappa shape index (κ3) is 9.35. The molecule has 98 valence electrons. The van der Waals surface area contributed by atoms with E-state index < -0.39 is 24.1 Å². The molecule has 0 aliphatic carbocycles. The smallest absolute Gasteiger partial charge is 0.542 e. The summed E-state index contributed by atoms with van der Waals surface area (Å²) >= 11 is 0. The van der Waals surface area contributed by atoms with Crippen molar-refractivity contribution in [3.8, 4) is 0 Å². The molecule has 0 amide bonds. The summed E-state index contributed by atoms with van der Waals surface area (Å²) in [6.45, 7) is 4.19. The van der Waals surface area contributed by atoms with Crippen molar-refractivity contribution in [2.45, 2.75) is 31.0 Å². The first-order valence-corrected chi connectivity index (χ1v) is 3.91. The van der Waals surface area contributed by atoms with E-state index in [0.717, 1.165) is 0 Å². The molecule has 1 heterocycles. The van der Waals surface area contributed by atoms with Crippen LogP contribution in [-0.4, -0.2) is 57.4 Å². The number of ether oxygens (including phenoxy) is 1. The molecule has 0 radical (unpaired) electrons. The minimum Gasteiger partial charge on any atom is -0.542 e. The minimum absolute atomic E-state index is 0. The molecule has 0 aromatic carbocycles. The summed E-state index contributed by atoms with van der Waals surface area (Å²) in [4.78, 5) is 8.68. The standard InChI is InChI=1S/C6H11O5.C2H3O.CH3.K.W/c1-6(10)5(9)4(8)3(7)2-11-6;1-2-3;;;/h3-5,7-10H,1-2H2;1H3;1H3;;/q3*-1;+1;. The van der Waals surface area contributed by atoms with Gasteiger partial charge in [-0.1, -0.05) is 0 Å². The molecular weight excluding hydrogens is 427 g/mol. The Balaban J connectivity index is -0.000000128. The average molecular weight is 444 g/mol. The van der Waals surface area contributed by atoms with E-state index in [4.69, 9.17) is 25.2 Å². The quantitative estimate of drug-likeness (QED) is 0.221. The third-order valence-corrected chi connectivity index (χ3v) is 1.68. The van der Waals surface area contributed by atoms with E-state index in [2.05, 4.69) is 11.7 Å². The van der Waals surface area contributed by atoms with Gasteiger partial charge in [0.25, 0.3) is 0 Å². The maximum atomic E-state index is 9.08. The first-order chi connectivity index (χ1) is 6.36. The Morgan fingerprint density at radius 2 is 1.76 bits per heavy atom. The summed E-state index contributed by atoms with van der Waals surface area (Å²) in [7, 11) is 0. The monoisotopic (exact) mass is 444 g/mol. The molecule has 0 spiro atoms. The van der Waals surface area contributed by atoms with Crippen LogP contribution in [0.1, 0.15) is 6.92 Å². The van der Waals surface area contributed by atoms with Gasteiger partial charge in [0.15, 0.2) is 0 Å². The zero-order chi connectivity index (χ0) is 11.4. The normalized spacial score (nSPS) is 34.8. The Bertz CT molecular complexity index is 192. The summed E-state index contributed by atoms with van der Waals surface area (Å²) in [5, 5.41) is 36.0. The van der Waals surface area contributed by atoms with Crippen LogP contribution in [0.4, 0.5) is 0 Å². The molecule has 1 aliphatic heterocycles. The van der Waals surface area contributed by atoms with E-state index in [9.17, 15) is 0 Å². The molecule has 0 aromatic rings. The van der Waals surface area contributed by atoms with Crippen LogP contribution in [0.3, 0.4) is 0 Å². The topological polar surface area (TPSA) is 107 Å². The second kappa shape index (κ2) is 12.8. The van der Waals surface area contributed by atoms with Crippen LogP contribution in [0.5, 0.6) is 0 Å². The molecule has 4 N–H and O–H groups in total. The molecule has 0 saturated carbocycles. The van der Waals surface area contributed by atoms with Crippen molar-refractivity contribution in [1.82, 2.24) is 0 Å². The molecular formula is C9H17KO6W-2. The minimum atomic E-state index is -2.02. The summed E-state index contributed by atoms with van der Waals surface area (Å²) in [5.74, 6) is -2.02. The van der Waals surface area contributed by atoms with Crippen LogP contribution in [-0.2, 0) is 30.6 Å². The molecule has 1 saturated heterocycles. The van der Waals surface area contributed by atoms with Crippen LogP contribution in [0, 0.1) is 14.4 Å². The maximum Gasteiger partial charge on any atom is 1.00 e. The number of hydrogen-bond donors (Lipinski definition) is 4. The Kier molecular flexibility index (Phi) is 20.5. The van der Waals surface area contributed by atoms with Crippen molar-refractivity contribution < 1.29 is 102 Å². The fourth-order valence-corrected chi connectivity index (χ4v) is 0.891. The van der Waals surface area contributed by atoms with Crippen LogP contribution in [0.15, 0.2) is 0 Å². The Hall–Kier alpha value is 1.79. The van der Waals surface area contributed by atoms with Gasteiger partial charge >= 0.3 is 51.4 Å². The molecule has 1 rings (SSSR count). The molecule has 0 aromatic heterocycles. The van der Waals surface area contributed by atoms with Gasteiger partial charge in [0.05, 0.1) is 12.4 Å². The van der Waals surface area contributed by atoms with Crippen molar-refractivity contribution in [2.75, 3.05) is 6.61 Å². The third-order valence-electron chi connectivity index (χ3n) is 1.68. The predicted octanol–water partition coefficient (Wildman–Crippen LogP) is -4.81. The largest absolute Gasteiger partial charge is 1.00 e. The van der Waals surface area contributed by atoms with Crippen LogP contribution >= 0.6 is 0 Å². The van der Waals surface area contributed by atoms with E-state index in [1.54, 1.807) is 0 Å². The SMILES string of the molecule is C[C-]=O.[CH2-]C1(O)OCC(O)C(O)C1O.[CH3-].[K+].[W]. The van der Waals surface area contributed by atoms with Gasteiger partial charge in [-0.15, -0.1) is 0 Å². The second-order valence-electron chi connectivity index (χ2n) is 2.86. The molecule has 1 fully saturated rings. The van der Waals surface area contributed by atoms with E-state index in [-0.39, 0.29) is 86.5 Å². The van der Waals surface area contributed by atoms with Crippen molar-refractivity contribution in [3.05, 3.63) is 14.4 Å². The maximum absolute atomic E-state index is 9.08. The molecule has 4 atom stereocenters. The Morgan fingerprint density at radius 1 is 1.41 bits per heavy atom. The zero-order valence-corrected chi connectivity index (χ0v) is 16.2. The second-order valence-corrected chi connectivity index (χ2v) is 2.86. The van der Waals surface area contributed by atoms with Gasteiger partial charge in [0.1, 0.15) is 18.3 Å². The Labute approximate surface area is 158 Å². The van der Waals surface area contributed by atoms with E-state index in [1.807, 2.05) is 0 Å². The molecule has 6 nitrogen and oxygen atoms in total. The van der Waals surface area contributed by atoms with Crippen LogP contribution in [0.2, 0.25) is 0 Å². The molecule has 1 aliphatic rings. The van der Waals surface area contributed by atoms with Crippen molar-refractivity contribution in [1.29, 1.82) is 0 Å². The summed E-state index contributed by atoms with van der Waals surface area (Å²) in [6, 6.07) is 0. The van der Waals surface area contributed by atoms with Gasteiger partial charge in [-0.25, -0.2) is 0 Å². The molecule has 0 bridgehead atoms. The van der Waals surface area contributed by atoms with E-state index >= 15 is 0 Å². The summed E-state index contributed by atoms with van der Waals surface area (Å²) < 4.78 is 4.54. The average Bonchev–Trinajstić information content (AvgIpc) is 2.11. The van der Waals surface area contributed by atoms with Crippen molar-refractivity contribution in [3.63, 3.8) is 0 Å². The predicted molar refractivity (Wildman–Crippen MR) is 52.1 cm³/mol. The van der Waals surface area contributed by atoms with Crippen LogP contribution < -0.4 is 51.4 Å². The molecule has 8 heteroatoms. The van der Waals surface area contributed by atoms with Gasteiger partial charge in [-0.05, 0) is 0 Å². The number of rotatable bonds is 0. The summed E-state index contributed by atoms with van der Waals surface area (Å²) in [6.07, 6.45) is -2.66. The fraction of sp³-hybridized carbons (Fsp3) is 0.667. The van der Waals surface area contributed by atoms with Gasteiger partial charge in [0, 0.05) is 21.1 Å². The van der Waals surface area contributed by atoms with Crippen molar-refractivity contribution in [2.24, 2.45) is 0 Å². The Morgan fingerprint density at radius 3 is 2.06 bits per heavy atom. The number of carbonyl (C=O) groups excluding carboxylic acids is 1. The van der Waals surface area contributed by atoms with Crippen molar-refractivity contribution >= 4 is 6.29 Å². The summed E-state index contributed by atoms with van der Waals surface area (Å²) in [5.41, 5.74) is 0.